The van der Waals surface area contributed by atoms with E-state index in [1.54, 1.807) is 48.5 Å². The van der Waals surface area contributed by atoms with E-state index in [1.165, 1.54) is 37.2 Å². The molecule has 176 valence electrons. The topological polar surface area (TPSA) is 127 Å². The largest absolute Gasteiger partial charge is 0.465 e. The second-order valence-electron chi connectivity index (χ2n) is 7.26. The third kappa shape index (κ3) is 4.34. The second kappa shape index (κ2) is 9.79. The molecule has 5 aromatic heterocycles. The monoisotopic (exact) mass is 480 g/mol. The third-order valence-corrected chi connectivity index (χ3v) is 5.02. The first kappa shape index (κ1) is 22.3. The smallest absolute Gasteiger partial charge is 0.260 e. The molecule has 5 rings (SSSR count). The number of carbonyl (C=O) groups excluding carboxylic acids is 2. The van der Waals surface area contributed by atoms with E-state index in [1.807, 2.05) is 6.07 Å². The van der Waals surface area contributed by atoms with Crippen molar-refractivity contribution in [3.63, 3.8) is 0 Å². The molecule has 0 atom stereocenters. The highest BCUT2D eigenvalue weighted by molar-refractivity contribution is 6.23. The van der Waals surface area contributed by atoms with Gasteiger partial charge in [-0.1, -0.05) is 0 Å². The molecule has 36 heavy (non-hydrogen) atoms. The lowest BCUT2D eigenvalue weighted by atomic mass is 10.1. The molecule has 0 unspecified atom stereocenters. The average molecular weight is 480 g/mol. The summed E-state index contributed by atoms with van der Waals surface area (Å²) in [7, 11) is 0. The normalized spacial score (nSPS) is 11.3. The number of nitrogens with zero attached hydrogens (tertiary/aromatic N) is 2. The zero-order valence-electron chi connectivity index (χ0n) is 18.5. The number of anilines is 1. The highest BCUT2D eigenvalue weighted by Gasteiger charge is 2.33. The molecule has 9 nitrogen and oxygen atoms in total. The molecule has 0 fully saturated rings. The molecule has 0 saturated heterocycles. The molecule has 0 aliphatic rings. The van der Waals surface area contributed by atoms with Crippen molar-refractivity contribution in [1.82, 2.24) is 0 Å². The fourth-order valence-electron chi connectivity index (χ4n) is 3.45. The molecule has 0 saturated carbocycles. The van der Waals surface area contributed by atoms with Gasteiger partial charge in [-0.05, 0) is 60.7 Å². The van der Waals surface area contributed by atoms with Crippen LogP contribution in [0.1, 0.15) is 17.1 Å². The Bertz CT molecular complexity index is 1500. The van der Waals surface area contributed by atoms with Crippen LogP contribution in [0.2, 0.25) is 0 Å². The molecule has 5 aromatic rings. The SMILES string of the molecule is N#Cc1c(N(C(=O)/C=C/c2ccco2)C(=O)/C=C/c2ccco2)oc(-c2ccco2)c1-c1ccco1. The summed E-state index contributed by atoms with van der Waals surface area (Å²) in [5.74, 6) is -0.351. The Morgan fingerprint density at radius 2 is 1.28 bits per heavy atom. The number of amides is 2. The highest BCUT2D eigenvalue weighted by Crippen LogP contribution is 2.43. The fourth-order valence-corrected chi connectivity index (χ4v) is 3.45. The predicted molar refractivity (Wildman–Crippen MR) is 127 cm³/mol. The van der Waals surface area contributed by atoms with Crippen LogP contribution in [0.4, 0.5) is 5.88 Å². The lowest BCUT2D eigenvalue weighted by Crippen LogP contribution is -2.34. The molecule has 2 amide bonds. The maximum absolute atomic E-state index is 13.3. The minimum atomic E-state index is -0.775. The van der Waals surface area contributed by atoms with Crippen LogP contribution in [0.5, 0.6) is 0 Å². The van der Waals surface area contributed by atoms with Crippen molar-refractivity contribution in [1.29, 1.82) is 5.26 Å². The Morgan fingerprint density at radius 1 is 0.750 bits per heavy atom. The minimum Gasteiger partial charge on any atom is -0.465 e. The predicted octanol–water partition coefficient (Wildman–Crippen LogP) is 6.14. The average Bonchev–Trinajstić information content (AvgIpc) is 3.71. The Labute approximate surface area is 203 Å². The van der Waals surface area contributed by atoms with Crippen LogP contribution in [0.25, 0.3) is 35.0 Å². The van der Waals surface area contributed by atoms with Gasteiger partial charge in [-0.25, -0.2) is 4.90 Å². The quantitative estimate of drug-likeness (QED) is 0.254. The summed E-state index contributed by atoms with van der Waals surface area (Å²) < 4.78 is 27.4. The van der Waals surface area contributed by atoms with Crippen LogP contribution in [0.15, 0.2) is 108 Å². The maximum atomic E-state index is 13.3. The van der Waals surface area contributed by atoms with E-state index in [-0.39, 0.29) is 28.5 Å². The van der Waals surface area contributed by atoms with Gasteiger partial charge in [0, 0.05) is 12.2 Å². The fraction of sp³-hybridized carbons (Fsp3) is 0. The van der Waals surface area contributed by atoms with Crippen molar-refractivity contribution in [3.05, 3.63) is 103 Å². The highest BCUT2D eigenvalue weighted by atomic mass is 16.4. The summed E-state index contributed by atoms with van der Waals surface area (Å²) in [5, 5.41) is 10.1. The number of carbonyl (C=O) groups is 2. The van der Waals surface area contributed by atoms with Crippen molar-refractivity contribution in [2.75, 3.05) is 4.90 Å². The van der Waals surface area contributed by atoms with Crippen LogP contribution < -0.4 is 4.90 Å². The zero-order valence-corrected chi connectivity index (χ0v) is 18.5. The summed E-state index contributed by atoms with van der Waals surface area (Å²) in [6.07, 6.45) is 10.8. The van der Waals surface area contributed by atoms with E-state index in [0.717, 1.165) is 17.1 Å². The van der Waals surface area contributed by atoms with Crippen molar-refractivity contribution in [2.24, 2.45) is 0 Å². The number of rotatable bonds is 7. The van der Waals surface area contributed by atoms with Crippen molar-refractivity contribution >= 4 is 29.9 Å². The van der Waals surface area contributed by atoms with E-state index in [0.29, 0.717) is 17.3 Å². The molecule has 0 N–H and O–H groups in total. The lowest BCUT2D eigenvalue weighted by molar-refractivity contribution is -0.121. The molecule has 0 aliphatic carbocycles. The van der Waals surface area contributed by atoms with Gasteiger partial charge in [-0.3, -0.25) is 9.59 Å². The van der Waals surface area contributed by atoms with Crippen LogP contribution >= 0.6 is 0 Å². The first-order valence-corrected chi connectivity index (χ1v) is 10.6. The van der Waals surface area contributed by atoms with Crippen LogP contribution in [-0.2, 0) is 9.59 Å². The molecule has 0 spiro atoms. The number of imide groups is 1. The van der Waals surface area contributed by atoms with E-state index in [9.17, 15) is 14.9 Å². The molecule has 0 bridgehead atoms. The van der Waals surface area contributed by atoms with Gasteiger partial charge in [0.25, 0.3) is 11.8 Å². The number of hydrogen-bond acceptors (Lipinski definition) is 8. The third-order valence-electron chi connectivity index (χ3n) is 5.02. The summed E-state index contributed by atoms with van der Waals surface area (Å²) in [6.45, 7) is 0. The first-order valence-electron chi connectivity index (χ1n) is 10.6. The molecule has 0 aliphatic heterocycles. The standard InChI is InChI=1S/C27H16N2O7/c28-17-20-25(21-7-3-15-34-21)26(22-8-4-16-35-22)36-27(20)29(23(30)11-9-18-5-1-13-32-18)24(31)12-10-19-6-2-14-33-19/h1-16H/b11-9+,12-10+. The van der Waals surface area contributed by atoms with E-state index < -0.39 is 11.8 Å². The van der Waals surface area contributed by atoms with Gasteiger partial charge in [0.2, 0.25) is 5.88 Å². The van der Waals surface area contributed by atoms with Gasteiger partial charge in [-0.15, -0.1) is 0 Å². The number of hydrogen-bond donors (Lipinski definition) is 0. The van der Waals surface area contributed by atoms with Crippen LogP contribution in [0.3, 0.4) is 0 Å². The van der Waals surface area contributed by atoms with E-state index in [4.69, 9.17) is 22.1 Å². The molecule has 5 heterocycles. The van der Waals surface area contributed by atoms with Gasteiger partial charge in [0.1, 0.15) is 28.9 Å². The zero-order chi connectivity index (χ0) is 24.9. The Kier molecular flexibility index (Phi) is 6.06. The Balaban J connectivity index is 1.65. The van der Waals surface area contributed by atoms with Crippen molar-refractivity contribution in [2.45, 2.75) is 0 Å². The maximum Gasteiger partial charge on any atom is 0.260 e. The summed E-state index contributed by atoms with van der Waals surface area (Å²) in [6, 6.07) is 15.2. The Morgan fingerprint density at radius 3 is 1.75 bits per heavy atom. The molecule has 0 radical (unpaired) electrons. The lowest BCUT2D eigenvalue weighted by Gasteiger charge is -2.15. The molecule has 9 heteroatoms. The summed E-state index contributed by atoms with van der Waals surface area (Å²) in [5.41, 5.74) is 0.152. The van der Waals surface area contributed by atoms with Gasteiger partial charge in [0.15, 0.2) is 11.5 Å². The van der Waals surface area contributed by atoms with Crippen LogP contribution in [-0.4, -0.2) is 11.8 Å². The van der Waals surface area contributed by atoms with Gasteiger partial charge < -0.3 is 22.1 Å². The minimum absolute atomic E-state index is 0.0872. The van der Waals surface area contributed by atoms with Gasteiger partial charge in [-0.2, -0.15) is 5.26 Å². The number of nitriles is 1. The van der Waals surface area contributed by atoms with Crippen LogP contribution in [0, 0.1) is 11.3 Å². The molecular formula is C27H16N2O7. The molecular weight excluding hydrogens is 464 g/mol. The van der Waals surface area contributed by atoms with Crippen molar-refractivity contribution in [3.8, 4) is 28.9 Å². The number of furan rings is 5. The molecule has 0 aromatic carbocycles. The summed E-state index contributed by atoms with van der Waals surface area (Å²) in [4.78, 5) is 27.4. The van der Waals surface area contributed by atoms with Gasteiger partial charge >= 0.3 is 0 Å². The van der Waals surface area contributed by atoms with E-state index >= 15 is 0 Å². The van der Waals surface area contributed by atoms with Gasteiger partial charge in [0.05, 0.1) is 30.6 Å². The van der Waals surface area contributed by atoms with E-state index in [2.05, 4.69) is 0 Å². The van der Waals surface area contributed by atoms with Crippen molar-refractivity contribution < 1.29 is 31.7 Å². The first-order chi connectivity index (χ1) is 17.7. The Hall–Kier alpha value is -5.49. The second-order valence-corrected chi connectivity index (χ2v) is 7.26. The summed E-state index contributed by atoms with van der Waals surface area (Å²) >= 11 is 0.